The molecule has 0 bridgehead atoms. The minimum atomic E-state index is -0.279. The van der Waals surface area contributed by atoms with E-state index in [1.165, 1.54) is 6.08 Å². The molecular formula is C18H18N2O4. The molecule has 2 aromatic rings. The van der Waals surface area contributed by atoms with Gasteiger partial charge in [-0.15, -0.1) is 0 Å². The third-order valence-electron chi connectivity index (χ3n) is 3.75. The minimum absolute atomic E-state index is 0.0893. The number of rotatable bonds is 5. The van der Waals surface area contributed by atoms with Crippen molar-refractivity contribution in [2.24, 2.45) is 0 Å². The molecule has 0 radical (unpaired) electrons. The summed E-state index contributed by atoms with van der Waals surface area (Å²) >= 11 is 0. The molecule has 0 aliphatic carbocycles. The SMILES string of the molecule is COc1cc(NC(=O)/C=C/c2ccco2)ccc1N1CCCC1=O. The Bertz CT molecular complexity index is 765. The van der Waals surface area contributed by atoms with E-state index in [1.54, 1.807) is 54.7 Å². The maximum atomic E-state index is 12.0. The second kappa shape index (κ2) is 7.04. The maximum Gasteiger partial charge on any atom is 0.248 e. The Kier molecular flexibility index (Phi) is 4.65. The van der Waals surface area contributed by atoms with E-state index in [-0.39, 0.29) is 11.8 Å². The molecule has 0 spiro atoms. The van der Waals surface area contributed by atoms with Crippen molar-refractivity contribution in [1.29, 1.82) is 0 Å². The van der Waals surface area contributed by atoms with Crippen LogP contribution in [-0.2, 0) is 9.59 Å². The summed E-state index contributed by atoms with van der Waals surface area (Å²) in [4.78, 5) is 25.6. The van der Waals surface area contributed by atoms with Crippen molar-refractivity contribution in [3.63, 3.8) is 0 Å². The molecule has 1 N–H and O–H groups in total. The fourth-order valence-electron chi connectivity index (χ4n) is 2.61. The summed E-state index contributed by atoms with van der Waals surface area (Å²) in [5.41, 5.74) is 1.32. The van der Waals surface area contributed by atoms with Gasteiger partial charge in [0.1, 0.15) is 11.5 Å². The van der Waals surface area contributed by atoms with Crippen LogP contribution >= 0.6 is 0 Å². The Hall–Kier alpha value is -3.02. The number of benzene rings is 1. The third-order valence-corrected chi connectivity index (χ3v) is 3.75. The number of amides is 2. The quantitative estimate of drug-likeness (QED) is 0.857. The van der Waals surface area contributed by atoms with Crippen LogP contribution < -0.4 is 15.0 Å². The smallest absolute Gasteiger partial charge is 0.248 e. The van der Waals surface area contributed by atoms with Crippen LogP contribution in [0.1, 0.15) is 18.6 Å². The molecule has 24 heavy (non-hydrogen) atoms. The second-order valence-electron chi connectivity index (χ2n) is 5.37. The zero-order valence-corrected chi connectivity index (χ0v) is 13.3. The highest BCUT2D eigenvalue weighted by atomic mass is 16.5. The number of hydrogen-bond donors (Lipinski definition) is 1. The second-order valence-corrected chi connectivity index (χ2v) is 5.37. The number of anilines is 2. The zero-order valence-electron chi connectivity index (χ0n) is 13.3. The van der Waals surface area contributed by atoms with Crippen LogP contribution in [-0.4, -0.2) is 25.5 Å². The van der Waals surface area contributed by atoms with Crippen molar-refractivity contribution < 1.29 is 18.7 Å². The molecule has 6 heteroatoms. The van der Waals surface area contributed by atoms with Crippen LogP contribution in [0.15, 0.2) is 47.1 Å². The molecule has 1 aliphatic rings. The number of methoxy groups -OCH3 is 1. The van der Waals surface area contributed by atoms with Crippen molar-refractivity contribution in [2.45, 2.75) is 12.8 Å². The lowest BCUT2D eigenvalue weighted by Gasteiger charge is -2.19. The first-order valence-electron chi connectivity index (χ1n) is 7.68. The molecule has 124 valence electrons. The van der Waals surface area contributed by atoms with Gasteiger partial charge in [-0.05, 0) is 36.8 Å². The van der Waals surface area contributed by atoms with Crippen LogP contribution in [0.2, 0.25) is 0 Å². The number of nitrogens with zero attached hydrogens (tertiary/aromatic N) is 1. The minimum Gasteiger partial charge on any atom is -0.494 e. The highest BCUT2D eigenvalue weighted by Crippen LogP contribution is 2.33. The van der Waals surface area contributed by atoms with Crippen LogP contribution in [0.5, 0.6) is 5.75 Å². The predicted molar refractivity (Wildman–Crippen MR) is 91.0 cm³/mol. The van der Waals surface area contributed by atoms with E-state index < -0.39 is 0 Å². The van der Waals surface area contributed by atoms with Gasteiger partial charge in [0.05, 0.1) is 19.1 Å². The summed E-state index contributed by atoms with van der Waals surface area (Å²) in [7, 11) is 1.54. The van der Waals surface area contributed by atoms with Gasteiger partial charge in [0.2, 0.25) is 11.8 Å². The lowest BCUT2D eigenvalue weighted by atomic mass is 10.2. The normalized spacial score (nSPS) is 14.4. The highest BCUT2D eigenvalue weighted by molar-refractivity contribution is 6.02. The molecule has 1 aliphatic heterocycles. The molecular weight excluding hydrogens is 308 g/mol. The van der Waals surface area contributed by atoms with Crippen molar-refractivity contribution in [1.82, 2.24) is 0 Å². The van der Waals surface area contributed by atoms with E-state index in [0.29, 0.717) is 30.2 Å². The van der Waals surface area contributed by atoms with Crippen molar-refractivity contribution >= 4 is 29.3 Å². The number of hydrogen-bond acceptors (Lipinski definition) is 4. The van der Waals surface area contributed by atoms with Gasteiger partial charge in [-0.1, -0.05) is 0 Å². The largest absolute Gasteiger partial charge is 0.494 e. The number of furan rings is 1. The van der Waals surface area contributed by atoms with Crippen molar-refractivity contribution in [3.8, 4) is 5.75 Å². The fourth-order valence-corrected chi connectivity index (χ4v) is 2.61. The average molecular weight is 326 g/mol. The fraction of sp³-hybridized carbons (Fsp3) is 0.222. The summed E-state index contributed by atoms with van der Waals surface area (Å²) in [6.45, 7) is 0.687. The number of ether oxygens (including phenoxy) is 1. The molecule has 2 heterocycles. The zero-order chi connectivity index (χ0) is 16.9. The molecule has 3 rings (SSSR count). The summed E-state index contributed by atoms with van der Waals surface area (Å²) in [6.07, 6.45) is 5.92. The van der Waals surface area contributed by atoms with Crippen LogP contribution in [0.25, 0.3) is 6.08 Å². The molecule has 0 unspecified atom stereocenters. The van der Waals surface area contributed by atoms with Gasteiger partial charge in [0, 0.05) is 30.8 Å². The number of nitrogens with one attached hydrogen (secondary N) is 1. The summed E-state index contributed by atoms with van der Waals surface area (Å²) in [6, 6.07) is 8.75. The van der Waals surface area contributed by atoms with E-state index in [1.807, 2.05) is 0 Å². The first-order chi connectivity index (χ1) is 11.7. The molecule has 0 atom stereocenters. The van der Waals surface area contributed by atoms with Crippen molar-refractivity contribution in [2.75, 3.05) is 23.9 Å². The van der Waals surface area contributed by atoms with Crippen molar-refractivity contribution in [3.05, 3.63) is 48.4 Å². The molecule has 1 fully saturated rings. The first kappa shape index (κ1) is 15.9. The number of carbonyl (C=O) groups excluding carboxylic acids is 2. The van der Waals surface area contributed by atoms with Gasteiger partial charge in [0.25, 0.3) is 0 Å². The lowest BCUT2D eigenvalue weighted by Crippen LogP contribution is -2.24. The Balaban J connectivity index is 1.72. The van der Waals surface area contributed by atoms with Gasteiger partial charge >= 0.3 is 0 Å². The third kappa shape index (κ3) is 3.48. The molecule has 0 saturated carbocycles. The van der Waals surface area contributed by atoms with Gasteiger partial charge in [0.15, 0.2) is 0 Å². The van der Waals surface area contributed by atoms with E-state index in [4.69, 9.17) is 9.15 Å². The summed E-state index contributed by atoms with van der Waals surface area (Å²) < 4.78 is 10.5. The highest BCUT2D eigenvalue weighted by Gasteiger charge is 2.24. The maximum absolute atomic E-state index is 12.0. The van der Waals surface area contributed by atoms with Gasteiger partial charge in [-0.25, -0.2) is 0 Å². The predicted octanol–water partition coefficient (Wildman–Crippen LogP) is 3.07. The lowest BCUT2D eigenvalue weighted by molar-refractivity contribution is -0.117. The summed E-state index contributed by atoms with van der Waals surface area (Å²) in [5, 5.41) is 2.76. The summed E-state index contributed by atoms with van der Waals surface area (Å²) in [5.74, 6) is 0.966. The topological polar surface area (TPSA) is 71.8 Å². The Morgan fingerprint density at radius 2 is 2.25 bits per heavy atom. The Morgan fingerprint density at radius 1 is 1.38 bits per heavy atom. The van der Waals surface area contributed by atoms with E-state index >= 15 is 0 Å². The van der Waals surface area contributed by atoms with Crippen LogP contribution in [0.4, 0.5) is 11.4 Å². The van der Waals surface area contributed by atoms with Gasteiger partial charge < -0.3 is 19.4 Å². The van der Waals surface area contributed by atoms with Gasteiger partial charge in [-0.2, -0.15) is 0 Å². The average Bonchev–Trinajstić information content (AvgIpc) is 3.24. The number of carbonyl (C=O) groups is 2. The molecule has 1 aromatic carbocycles. The molecule has 1 saturated heterocycles. The van der Waals surface area contributed by atoms with Gasteiger partial charge in [-0.3, -0.25) is 9.59 Å². The Morgan fingerprint density at radius 3 is 2.92 bits per heavy atom. The van der Waals surface area contributed by atoms with E-state index in [2.05, 4.69) is 5.32 Å². The first-order valence-corrected chi connectivity index (χ1v) is 7.68. The Labute approximate surface area is 139 Å². The van der Waals surface area contributed by atoms with Crippen LogP contribution in [0.3, 0.4) is 0 Å². The van der Waals surface area contributed by atoms with E-state index in [0.717, 1.165) is 12.1 Å². The molecule has 6 nitrogen and oxygen atoms in total. The van der Waals surface area contributed by atoms with E-state index in [9.17, 15) is 9.59 Å². The standard InChI is InChI=1S/C18H18N2O4/c1-23-16-12-13(6-8-15(16)20-10-2-5-18(20)22)19-17(21)9-7-14-4-3-11-24-14/h3-4,6-9,11-12H,2,5,10H2,1H3,(H,19,21)/b9-7+. The molecule has 1 aromatic heterocycles. The monoisotopic (exact) mass is 326 g/mol. The molecule has 2 amide bonds. The van der Waals surface area contributed by atoms with Crippen LogP contribution in [0, 0.1) is 0 Å².